The number of fused-ring (bicyclic) bond motifs is 3. The molecule has 2 heterocycles. The average molecular weight is 330 g/mol. The lowest BCUT2D eigenvalue weighted by Gasteiger charge is -2.28. The van der Waals surface area contributed by atoms with Crippen LogP contribution >= 0.6 is 11.6 Å². The standard InChI is InChI=1S/C18H20ClN3O/c19-13-6-7-14-15(8-13)17(22-11-20-10-18(14)22)9-16(21-23)12-4-2-1-3-5-12/h6-8,10-12,16-17H,1-5,9H2. The Balaban J connectivity index is 1.66. The van der Waals surface area contributed by atoms with Crippen molar-refractivity contribution in [3.8, 4) is 11.3 Å². The van der Waals surface area contributed by atoms with Crippen LogP contribution in [0.1, 0.15) is 50.1 Å². The molecule has 1 fully saturated rings. The highest BCUT2D eigenvalue weighted by molar-refractivity contribution is 6.30. The average Bonchev–Trinajstić information content (AvgIpc) is 3.15. The molecule has 2 aromatic rings. The maximum absolute atomic E-state index is 11.5. The Kier molecular flexibility index (Phi) is 3.93. The predicted octanol–water partition coefficient (Wildman–Crippen LogP) is 5.21. The first-order valence-corrected chi connectivity index (χ1v) is 8.80. The zero-order valence-electron chi connectivity index (χ0n) is 13.0. The fraction of sp³-hybridized carbons (Fsp3) is 0.500. The summed E-state index contributed by atoms with van der Waals surface area (Å²) >= 11 is 6.21. The third-order valence-electron chi connectivity index (χ3n) is 5.44. The molecule has 0 N–H and O–H groups in total. The van der Waals surface area contributed by atoms with Crippen LogP contribution in [-0.2, 0) is 0 Å². The molecular weight excluding hydrogens is 310 g/mol. The van der Waals surface area contributed by atoms with Gasteiger partial charge in [0.15, 0.2) is 0 Å². The number of halogens is 1. The molecule has 23 heavy (non-hydrogen) atoms. The molecule has 120 valence electrons. The Morgan fingerprint density at radius 3 is 2.91 bits per heavy atom. The molecule has 1 saturated carbocycles. The Morgan fingerprint density at radius 1 is 1.30 bits per heavy atom. The van der Waals surface area contributed by atoms with Crippen LogP contribution in [0.15, 0.2) is 35.9 Å². The molecule has 1 aliphatic carbocycles. The summed E-state index contributed by atoms with van der Waals surface area (Å²) in [5.41, 5.74) is 3.47. The van der Waals surface area contributed by atoms with Crippen molar-refractivity contribution >= 4 is 11.6 Å². The summed E-state index contributed by atoms with van der Waals surface area (Å²) in [7, 11) is 0. The number of rotatable bonds is 4. The molecule has 2 atom stereocenters. The molecule has 2 aliphatic rings. The molecule has 0 bridgehead atoms. The molecule has 2 unspecified atom stereocenters. The Hall–Kier alpha value is -1.68. The van der Waals surface area contributed by atoms with Crippen molar-refractivity contribution in [2.45, 2.75) is 50.6 Å². The summed E-state index contributed by atoms with van der Waals surface area (Å²) < 4.78 is 2.17. The summed E-state index contributed by atoms with van der Waals surface area (Å²) in [4.78, 5) is 15.8. The second kappa shape index (κ2) is 6.08. The van der Waals surface area contributed by atoms with Crippen molar-refractivity contribution in [2.24, 2.45) is 11.1 Å². The smallest absolute Gasteiger partial charge is 0.0970 e. The molecule has 0 spiro atoms. The number of nitrogens with zero attached hydrogens (tertiary/aromatic N) is 3. The molecule has 0 amide bonds. The highest BCUT2D eigenvalue weighted by Gasteiger charge is 2.34. The Labute approximate surface area is 140 Å². The van der Waals surface area contributed by atoms with E-state index in [9.17, 15) is 4.91 Å². The van der Waals surface area contributed by atoms with Gasteiger partial charge in [0, 0.05) is 10.6 Å². The first kappa shape index (κ1) is 14.9. The molecule has 1 aliphatic heterocycles. The van der Waals surface area contributed by atoms with Crippen molar-refractivity contribution in [2.75, 3.05) is 0 Å². The maximum Gasteiger partial charge on any atom is 0.0970 e. The third kappa shape index (κ3) is 2.59. The number of hydrogen-bond acceptors (Lipinski definition) is 3. The number of imidazole rings is 1. The van der Waals surface area contributed by atoms with Gasteiger partial charge in [-0.3, -0.25) is 0 Å². The van der Waals surface area contributed by atoms with Gasteiger partial charge in [-0.25, -0.2) is 4.98 Å². The quantitative estimate of drug-likeness (QED) is 0.723. The minimum atomic E-state index is -0.125. The van der Waals surface area contributed by atoms with Crippen LogP contribution in [0.2, 0.25) is 5.02 Å². The van der Waals surface area contributed by atoms with Crippen molar-refractivity contribution in [3.63, 3.8) is 0 Å². The van der Waals surface area contributed by atoms with Crippen LogP contribution in [0.3, 0.4) is 0 Å². The SMILES string of the molecule is O=NC(CC1c2cc(Cl)ccc2-c2cncn21)C1CCCCC1. The highest BCUT2D eigenvalue weighted by atomic mass is 35.5. The van der Waals surface area contributed by atoms with Gasteiger partial charge in [0.25, 0.3) is 0 Å². The molecule has 0 radical (unpaired) electrons. The van der Waals surface area contributed by atoms with E-state index in [2.05, 4.69) is 20.8 Å². The molecular formula is C18H20ClN3O. The maximum atomic E-state index is 11.5. The summed E-state index contributed by atoms with van der Waals surface area (Å²) in [6.45, 7) is 0. The fourth-order valence-electron chi connectivity index (χ4n) is 4.26. The van der Waals surface area contributed by atoms with Gasteiger partial charge in [-0.1, -0.05) is 42.1 Å². The minimum Gasteiger partial charge on any atom is -0.323 e. The van der Waals surface area contributed by atoms with Crippen molar-refractivity contribution < 1.29 is 0 Å². The van der Waals surface area contributed by atoms with Crippen LogP contribution in [0.25, 0.3) is 11.3 Å². The lowest BCUT2D eigenvalue weighted by Crippen LogP contribution is -2.24. The normalized spacial score (nSPS) is 21.7. The van der Waals surface area contributed by atoms with E-state index in [0.29, 0.717) is 5.92 Å². The van der Waals surface area contributed by atoms with E-state index in [1.165, 1.54) is 30.4 Å². The van der Waals surface area contributed by atoms with Gasteiger partial charge in [-0.15, -0.1) is 0 Å². The van der Waals surface area contributed by atoms with Crippen LogP contribution in [0.4, 0.5) is 0 Å². The summed E-state index contributed by atoms with van der Waals surface area (Å²) in [5, 5.41) is 4.25. The van der Waals surface area contributed by atoms with E-state index >= 15 is 0 Å². The molecule has 4 rings (SSSR count). The molecule has 5 heteroatoms. The zero-order valence-corrected chi connectivity index (χ0v) is 13.7. The second-order valence-corrected chi connectivity index (χ2v) is 7.18. The van der Waals surface area contributed by atoms with E-state index < -0.39 is 0 Å². The van der Waals surface area contributed by atoms with Crippen LogP contribution in [-0.4, -0.2) is 15.6 Å². The predicted molar refractivity (Wildman–Crippen MR) is 91.6 cm³/mol. The molecule has 0 saturated heterocycles. The van der Waals surface area contributed by atoms with Gasteiger partial charge < -0.3 is 4.57 Å². The van der Waals surface area contributed by atoms with Gasteiger partial charge in [-0.05, 0) is 42.9 Å². The van der Waals surface area contributed by atoms with Crippen molar-refractivity contribution in [1.82, 2.24) is 9.55 Å². The zero-order chi connectivity index (χ0) is 15.8. The number of aromatic nitrogens is 2. The van der Waals surface area contributed by atoms with Gasteiger partial charge in [0.2, 0.25) is 0 Å². The van der Waals surface area contributed by atoms with Gasteiger partial charge in [0.1, 0.15) is 0 Å². The van der Waals surface area contributed by atoms with Gasteiger partial charge in [0.05, 0.1) is 30.3 Å². The van der Waals surface area contributed by atoms with E-state index in [1.54, 1.807) is 0 Å². The first-order chi connectivity index (χ1) is 11.3. The summed E-state index contributed by atoms with van der Waals surface area (Å²) in [5.74, 6) is 0.427. The first-order valence-electron chi connectivity index (χ1n) is 8.42. The van der Waals surface area contributed by atoms with Crippen molar-refractivity contribution in [3.05, 3.63) is 46.2 Å². The molecule has 4 nitrogen and oxygen atoms in total. The van der Waals surface area contributed by atoms with E-state index in [-0.39, 0.29) is 12.1 Å². The number of nitroso groups, excluding NO2 is 1. The van der Waals surface area contributed by atoms with Crippen LogP contribution in [0, 0.1) is 10.8 Å². The largest absolute Gasteiger partial charge is 0.323 e. The highest BCUT2D eigenvalue weighted by Crippen LogP contribution is 2.44. The molecule has 1 aromatic heterocycles. The lowest BCUT2D eigenvalue weighted by atomic mass is 9.81. The van der Waals surface area contributed by atoms with Crippen LogP contribution in [0.5, 0.6) is 0 Å². The second-order valence-electron chi connectivity index (χ2n) is 6.74. The van der Waals surface area contributed by atoms with E-state index in [4.69, 9.17) is 11.6 Å². The Bertz CT molecular complexity index is 721. The number of benzene rings is 1. The van der Waals surface area contributed by atoms with Gasteiger partial charge >= 0.3 is 0 Å². The topological polar surface area (TPSA) is 47.2 Å². The van der Waals surface area contributed by atoms with Gasteiger partial charge in [-0.2, -0.15) is 4.91 Å². The van der Waals surface area contributed by atoms with E-state index in [1.807, 2.05) is 24.7 Å². The summed E-state index contributed by atoms with van der Waals surface area (Å²) in [6, 6.07) is 5.98. The van der Waals surface area contributed by atoms with E-state index in [0.717, 1.165) is 30.0 Å². The summed E-state index contributed by atoms with van der Waals surface area (Å²) in [6.07, 6.45) is 10.5. The minimum absolute atomic E-state index is 0.117. The lowest BCUT2D eigenvalue weighted by molar-refractivity contribution is 0.280. The third-order valence-corrected chi connectivity index (χ3v) is 5.68. The molecule has 1 aromatic carbocycles. The Morgan fingerprint density at radius 2 is 2.13 bits per heavy atom. The van der Waals surface area contributed by atoms with Crippen LogP contribution < -0.4 is 0 Å². The number of hydrogen-bond donors (Lipinski definition) is 0. The monoisotopic (exact) mass is 329 g/mol. The fourth-order valence-corrected chi connectivity index (χ4v) is 4.44. The van der Waals surface area contributed by atoms with Crippen molar-refractivity contribution in [1.29, 1.82) is 0 Å².